The predicted molar refractivity (Wildman–Crippen MR) is 84.5 cm³/mol. The molecule has 0 radical (unpaired) electrons. The Morgan fingerprint density at radius 1 is 0.700 bits per heavy atom. The van der Waals surface area contributed by atoms with E-state index in [-0.39, 0.29) is 0 Å². The van der Waals surface area contributed by atoms with Crippen LogP contribution in [0.15, 0.2) is 69.9 Å². The first-order chi connectivity index (χ1) is 9.84. The predicted octanol–water partition coefficient (Wildman–Crippen LogP) is 4.77. The Labute approximate surface area is 121 Å². The average Bonchev–Trinajstić information content (AvgIpc) is 3.11. The third-order valence-electron chi connectivity index (χ3n) is 3.34. The van der Waals surface area contributed by atoms with E-state index in [2.05, 4.69) is 0 Å². The first-order valence-corrected chi connectivity index (χ1v) is 8.47. The lowest BCUT2D eigenvalue weighted by Crippen LogP contribution is -2.05. The number of hydrogen-bond donors (Lipinski definition) is 0. The van der Waals surface area contributed by atoms with Crippen LogP contribution in [-0.2, 0) is 0 Å². The molecule has 0 fully saturated rings. The summed E-state index contributed by atoms with van der Waals surface area (Å²) >= 11 is 6.72. The largest absolute Gasteiger partial charge is 0.464 e. The molecule has 2 aromatic carbocycles. The van der Waals surface area contributed by atoms with E-state index in [0.717, 1.165) is 32.5 Å². The molecule has 0 bridgehead atoms. The van der Waals surface area contributed by atoms with Crippen LogP contribution >= 0.6 is 18.5 Å². The molecule has 0 aliphatic carbocycles. The molecule has 4 aromatic rings. The van der Waals surface area contributed by atoms with Crippen LogP contribution < -0.4 is 10.6 Å². The molecule has 0 saturated carbocycles. The van der Waals surface area contributed by atoms with Crippen molar-refractivity contribution in [1.29, 1.82) is 0 Å². The van der Waals surface area contributed by atoms with E-state index >= 15 is 0 Å². The van der Waals surface area contributed by atoms with Gasteiger partial charge in [-0.3, -0.25) is 0 Å². The molecule has 4 rings (SSSR count). The second kappa shape index (κ2) is 4.66. The molecule has 0 aliphatic heterocycles. The lowest BCUT2D eigenvalue weighted by atomic mass is 10.3. The van der Waals surface area contributed by atoms with E-state index in [9.17, 15) is 0 Å². The van der Waals surface area contributed by atoms with Gasteiger partial charge in [-0.2, -0.15) is 0 Å². The van der Waals surface area contributed by atoms with Gasteiger partial charge in [0.15, 0.2) is 0 Å². The lowest BCUT2D eigenvalue weighted by Gasteiger charge is -2.05. The van der Waals surface area contributed by atoms with Crippen molar-refractivity contribution >= 4 is 51.1 Å². The Hall–Kier alpha value is -1.76. The molecule has 0 saturated heterocycles. The van der Waals surface area contributed by atoms with Gasteiger partial charge in [0.05, 0.1) is 7.27 Å². The van der Waals surface area contributed by atoms with E-state index in [0.29, 0.717) is 0 Å². The summed E-state index contributed by atoms with van der Waals surface area (Å²) in [5, 5.41) is 4.20. The zero-order chi connectivity index (χ0) is 13.5. The van der Waals surface area contributed by atoms with Gasteiger partial charge in [-0.25, -0.2) is 0 Å². The molecule has 98 valence electrons. The molecule has 2 heterocycles. The van der Waals surface area contributed by atoms with Crippen molar-refractivity contribution in [2.24, 2.45) is 0 Å². The number of fused-ring (bicyclic) bond motifs is 2. The van der Waals surface area contributed by atoms with Gasteiger partial charge in [0.25, 0.3) is 0 Å². The van der Waals surface area contributed by atoms with E-state index in [1.165, 1.54) is 0 Å². The third-order valence-corrected chi connectivity index (χ3v) is 5.98. The summed E-state index contributed by atoms with van der Waals surface area (Å²) in [4.78, 5) is 0. The molecule has 0 unspecified atom stereocenters. The highest BCUT2D eigenvalue weighted by atomic mass is 35.7. The molecule has 2 aromatic heterocycles. The van der Waals surface area contributed by atoms with Gasteiger partial charge < -0.3 is 8.83 Å². The first-order valence-electron chi connectivity index (χ1n) is 6.23. The van der Waals surface area contributed by atoms with Crippen molar-refractivity contribution in [2.45, 2.75) is 0 Å². The fourth-order valence-electron chi connectivity index (χ4n) is 2.36. The number of halogens is 1. The summed E-state index contributed by atoms with van der Waals surface area (Å²) in [6.07, 6.45) is 3.51. The van der Waals surface area contributed by atoms with Gasteiger partial charge in [0.2, 0.25) is 0 Å². The highest BCUT2D eigenvalue weighted by molar-refractivity contribution is 7.96. The molecule has 0 spiro atoms. The zero-order valence-electron chi connectivity index (χ0n) is 10.4. The molecule has 0 aliphatic rings. The quantitative estimate of drug-likeness (QED) is 0.499. The first kappa shape index (κ1) is 12.0. The van der Waals surface area contributed by atoms with Gasteiger partial charge in [0.1, 0.15) is 23.7 Å². The van der Waals surface area contributed by atoms with Crippen molar-refractivity contribution in [1.82, 2.24) is 0 Å². The smallest absolute Gasteiger partial charge is 0.134 e. The van der Waals surface area contributed by atoms with E-state index in [4.69, 9.17) is 20.1 Å². The van der Waals surface area contributed by atoms with Crippen molar-refractivity contribution in [3.05, 3.63) is 61.1 Å². The Morgan fingerprint density at radius 2 is 1.15 bits per heavy atom. The van der Waals surface area contributed by atoms with Crippen LogP contribution in [0.1, 0.15) is 0 Å². The number of furan rings is 2. The molecular weight excluding hydrogens is 291 g/mol. The Kier molecular flexibility index (Phi) is 2.80. The molecule has 0 amide bonds. The minimum absolute atomic E-state index is 0.864. The molecule has 20 heavy (non-hydrogen) atoms. The Balaban J connectivity index is 1.90. The normalized spacial score (nSPS) is 11.7. The van der Waals surface area contributed by atoms with Crippen molar-refractivity contribution < 1.29 is 8.83 Å². The summed E-state index contributed by atoms with van der Waals surface area (Å²) in [6, 6.07) is 15.9. The van der Waals surface area contributed by atoms with Crippen LogP contribution in [0, 0.1) is 0 Å². The SMILES string of the molecule is ClP(c1coc2ccccc12)c1coc2ccccc12. The molecule has 4 heteroatoms. The maximum atomic E-state index is 6.72. The number of benzene rings is 2. The molecule has 0 atom stereocenters. The summed E-state index contributed by atoms with van der Waals surface area (Å²) in [5.41, 5.74) is 1.73. The lowest BCUT2D eigenvalue weighted by molar-refractivity contribution is 0.618. The van der Waals surface area contributed by atoms with E-state index in [1.54, 1.807) is 12.5 Å². The van der Waals surface area contributed by atoms with Crippen LogP contribution in [0.5, 0.6) is 0 Å². The van der Waals surface area contributed by atoms with Crippen LogP contribution in [0.3, 0.4) is 0 Å². The van der Waals surface area contributed by atoms with E-state index < -0.39 is 7.27 Å². The molecule has 2 nitrogen and oxygen atoms in total. The monoisotopic (exact) mass is 300 g/mol. The Bertz CT molecular complexity index is 819. The van der Waals surface area contributed by atoms with Gasteiger partial charge in [-0.05, 0) is 12.1 Å². The molecule has 0 N–H and O–H groups in total. The third kappa shape index (κ3) is 1.76. The maximum Gasteiger partial charge on any atom is 0.134 e. The molecular formula is C16H10ClO2P. The van der Waals surface area contributed by atoms with Crippen LogP contribution in [-0.4, -0.2) is 0 Å². The summed E-state index contributed by atoms with van der Waals surface area (Å²) in [5.74, 6) is 0. The van der Waals surface area contributed by atoms with Crippen molar-refractivity contribution in [3.63, 3.8) is 0 Å². The van der Waals surface area contributed by atoms with Crippen molar-refractivity contribution in [3.8, 4) is 0 Å². The second-order valence-corrected chi connectivity index (χ2v) is 7.05. The summed E-state index contributed by atoms with van der Waals surface area (Å²) in [6.45, 7) is 0. The second-order valence-electron chi connectivity index (χ2n) is 4.52. The van der Waals surface area contributed by atoms with Crippen LogP contribution in [0.2, 0.25) is 0 Å². The van der Waals surface area contributed by atoms with Crippen LogP contribution in [0.4, 0.5) is 0 Å². The topological polar surface area (TPSA) is 26.3 Å². The average molecular weight is 301 g/mol. The minimum Gasteiger partial charge on any atom is -0.464 e. The number of para-hydroxylation sites is 2. The summed E-state index contributed by atoms with van der Waals surface area (Å²) < 4.78 is 11.2. The minimum atomic E-state index is -1.01. The standard InChI is InChI=1S/C16H10ClO2P/c17-20(15-9-18-13-7-3-1-5-11(13)15)16-10-19-14-8-4-2-6-12(14)16/h1-10H. The van der Waals surface area contributed by atoms with Crippen molar-refractivity contribution in [2.75, 3.05) is 0 Å². The highest BCUT2D eigenvalue weighted by Crippen LogP contribution is 2.44. The Morgan fingerprint density at radius 3 is 1.65 bits per heavy atom. The zero-order valence-corrected chi connectivity index (χ0v) is 12.1. The van der Waals surface area contributed by atoms with Gasteiger partial charge in [-0.1, -0.05) is 47.6 Å². The fraction of sp³-hybridized carbons (Fsp3) is 0. The van der Waals surface area contributed by atoms with Gasteiger partial charge >= 0.3 is 0 Å². The number of rotatable bonds is 2. The number of hydrogen-bond acceptors (Lipinski definition) is 2. The fourth-order valence-corrected chi connectivity index (χ4v) is 4.49. The van der Waals surface area contributed by atoms with Crippen LogP contribution in [0.25, 0.3) is 21.9 Å². The maximum absolute atomic E-state index is 6.72. The van der Waals surface area contributed by atoms with E-state index in [1.807, 2.05) is 48.5 Å². The summed E-state index contributed by atoms with van der Waals surface area (Å²) in [7, 11) is -1.01. The van der Waals surface area contributed by atoms with Gasteiger partial charge in [-0.15, -0.1) is 0 Å². The van der Waals surface area contributed by atoms with Gasteiger partial charge in [0, 0.05) is 21.4 Å². The highest BCUT2D eigenvalue weighted by Gasteiger charge is 2.20.